The summed E-state index contributed by atoms with van der Waals surface area (Å²) in [4.78, 5) is 12.8. The van der Waals surface area contributed by atoms with Crippen molar-refractivity contribution in [3.8, 4) is 5.75 Å². The smallest absolute Gasteiger partial charge is 0.267 e. The number of rotatable bonds is 5. The number of sulfonamides is 2. The van der Waals surface area contributed by atoms with Crippen molar-refractivity contribution in [3.05, 3.63) is 47.5 Å². The second kappa shape index (κ2) is 7.97. The molecule has 0 fully saturated rings. The van der Waals surface area contributed by atoms with E-state index in [0.717, 1.165) is 21.1 Å². The van der Waals surface area contributed by atoms with Gasteiger partial charge in [0.1, 0.15) is 5.75 Å². The maximum absolute atomic E-state index is 12.8. The number of anilines is 3. The summed E-state index contributed by atoms with van der Waals surface area (Å²) >= 11 is 5.97. The SMILES string of the molecule is CN(c1cccc(NC(=O)[C@H]2CN(S(C)(=O)=O)c3cc(Cl)ccc3O2)c1)S(C)(=O)=O. The molecule has 1 aliphatic rings. The summed E-state index contributed by atoms with van der Waals surface area (Å²) in [7, 11) is -5.76. The van der Waals surface area contributed by atoms with E-state index in [1.54, 1.807) is 18.2 Å². The highest BCUT2D eigenvalue weighted by Crippen LogP contribution is 2.37. The molecule has 162 valence electrons. The molecule has 0 aromatic heterocycles. The number of hydrogen-bond acceptors (Lipinski definition) is 6. The molecular weight excluding hydrogens is 454 g/mol. The number of carbonyl (C=O) groups excluding carboxylic acids is 1. The minimum Gasteiger partial charge on any atom is -0.476 e. The van der Waals surface area contributed by atoms with E-state index in [0.29, 0.717) is 16.4 Å². The minimum absolute atomic E-state index is 0.210. The van der Waals surface area contributed by atoms with Crippen molar-refractivity contribution in [2.75, 3.05) is 40.0 Å². The molecule has 0 unspecified atom stereocenters. The van der Waals surface area contributed by atoms with E-state index in [2.05, 4.69) is 5.32 Å². The molecular formula is C18H20ClN3O6S2. The fraction of sp³-hybridized carbons (Fsp3) is 0.278. The number of ether oxygens (including phenoxy) is 1. The zero-order valence-electron chi connectivity index (χ0n) is 16.4. The van der Waals surface area contributed by atoms with Crippen LogP contribution >= 0.6 is 11.6 Å². The Morgan fingerprint density at radius 2 is 1.87 bits per heavy atom. The van der Waals surface area contributed by atoms with Crippen molar-refractivity contribution < 1.29 is 26.4 Å². The normalized spacial score (nSPS) is 16.4. The molecule has 0 bridgehead atoms. The Bertz CT molecular complexity index is 1200. The van der Waals surface area contributed by atoms with Crippen LogP contribution in [0.1, 0.15) is 0 Å². The fourth-order valence-corrected chi connectivity index (χ4v) is 4.44. The van der Waals surface area contributed by atoms with Crippen LogP contribution in [0.4, 0.5) is 17.1 Å². The van der Waals surface area contributed by atoms with Gasteiger partial charge in [-0.25, -0.2) is 16.8 Å². The summed E-state index contributed by atoms with van der Waals surface area (Å²) in [6, 6.07) is 10.7. The van der Waals surface area contributed by atoms with Gasteiger partial charge in [-0.1, -0.05) is 17.7 Å². The average molecular weight is 474 g/mol. The van der Waals surface area contributed by atoms with Crippen LogP contribution in [-0.2, 0) is 24.8 Å². The summed E-state index contributed by atoms with van der Waals surface area (Å²) in [5.41, 5.74) is 0.952. The molecule has 0 radical (unpaired) electrons. The maximum atomic E-state index is 12.8. The lowest BCUT2D eigenvalue weighted by Crippen LogP contribution is -2.48. The quantitative estimate of drug-likeness (QED) is 0.709. The van der Waals surface area contributed by atoms with Crippen molar-refractivity contribution in [2.45, 2.75) is 6.10 Å². The van der Waals surface area contributed by atoms with E-state index >= 15 is 0 Å². The molecule has 0 saturated carbocycles. The first kappa shape index (κ1) is 22.2. The molecule has 2 aromatic carbocycles. The predicted octanol–water partition coefficient (Wildman–Crippen LogP) is 1.90. The Balaban J connectivity index is 1.85. The van der Waals surface area contributed by atoms with Crippen LogP contribution in [0, 0.1) is 0 Å². The number of amides is 1. The Morgan fingerprint density at radius 1 is 1.17 bits per heavy atom. The Hall–Kier alpha value is -2.50. The second-order valence-corrected chi connectivity index (χ2v) is 11.1. The van der Waals surface area contributed by atoms with Crippen molar-refractivity contribution in [1.29, 1.82) is 0 Å². The molecule has 30 heavy (non-hydrogen) atoms. The number of nitrogens with one attached hydrogen (secondary N) is 1. The lowest BCUT2D eigenvalue weighted by atomic mass is 10.2. The van der Waals surface area contributed by atoms with E-state index in [1.807, 2.05) is 0 Å². The second-order valence-electron chi connectivity index (χ2n) is 6.78. The number of carbonyl (C=O) groups is 1. The van der Waals surface area contributed by atoms with Gasteiger partial charge in [-0.15, -0.1) is 0 Å². The molecule has 1 amide bonds. The van der Waals surface area contributed by atoms with Gasteiger partial charge in [0.05, 0.1) is 30.4 Å². The summed E-state index contributed by atoms with van der Waals surface area (Å²) < 4.78 is 55.8. The maximum Gasteiger partial charge on any atom is 0.267 e. The van der Waals surface area contributed by atoms with Crippen molar-refractivity contribution in [1.82, 2.24) is 0 Å². The van der Waals surface area contributed by atoms with E-state index in [-0.39, 0.29) is 18.0 Å². The van der Waals surface area contributed by atoms with E-state index in [9.17, 15) is 21.6 Å². The lowest BCUT2D eigenvalue weighted by molar-refractivity contribution is -0.122. The molecule has 0 aliphatic carbocycles. The van der Waals surface area contributed by atoms with Crippen LogP contribution in [0.2, 0.25) is 5.02 Å². The molecule has 1 heterocycles. The third-order valence-electron chi connectivity index (χ3n) is 4.46. The van der Waals surface area contributed by atoms with Crippen molar-refractivity contribution >= 4 is 54.6 Å². The number of hydrogen-bond donors (Lipinski definition) is 1. The predicted molar refractivity (Wildman–Crippen MR) is 116 cm³/mol. The number of benzene rings is 2. The average Bonchev–Trinajstić information content (AvgIpc) is 2.65. The zero-order chi connectivity index (χ0) is 22.3. The van der Waals surface area contributed by atoms with Crippen molar-refractivity contribution in [3.63, 3.8) is 0 Å². The lowest BCUT2D eigenvalue weighted by Gasteiger charge is -2.34. The molecule has 0 spiro atoms. The van der Waals surface area contributed by atoms with Gasteiger partial charge in [-0.05, 0) is 36.4 Å². The van der Waals surface area contributed by atoms with Gasteiger partial charge in [-0.3, -0.25) is 13.4 Å². The standard InChI is InChI=1S/C18H20ClN3O6S2/c1-21(29(2,24)25)14-6-4-5-13(10-14)20-18(23)17-11-22(30(3,26)27)15-9-12(19)7-8-16(15)28-17/h4-10,17H,11H2,1-3H3,(H,20,23)/t17-/m1/s1. The first-order valence-electron chi connectivity index (χ1n) is 8.65. The third kappa shape index (κ3) is 4.79. The summed E-state index contributed by atoms with van der Waals surface area (Å²) in [5.74, 6) is -0.370. The van der Waals surface area contributed by atoms with Gasteiger partial charge in [0.2, 0.25) is 20.0 Å². The van der Waals surface area contributed by atoms with Crippen LogP contribution < -0.4 is 18.7 Å². The van der Waals surface area contributed by atoms with Crippen LogP contribution in [0.15, 0.2) is 42.5 Å². The molecule has 3 rings (SSSR count). The summed E-state index contributed by atoms with van der Waals surface area (Å²) in [6.45, 7) is -0.235. The molecule has 12 heteroatoms. The number of nitrogens with zero attached hydrogens (tertiary/aromatic N) is 2. The highest BCUT2D eigenvalue weighted by molar-refractivity contribution is 7.92. The summed E-state index contributed by atoms with van der Waals surface area (Å²) in [6.07, 6.45) is 0.977. The molecule has 0 saturated heterocycles. The first-order valence-corrected chi connectivity index (χ1v) is 12.7. The largest absolute Gasteiger partial charge is 0.476 e. The van der Waals surface area contributed by atoms with Gasteiger partial charge in [0.25, 0.3) is 5.91 Å². The fourth-order valence-electron chi connectivity index (χ4n) is 2.87. The van der Waals surface area contributed by atoms with Gasteiger partial charge >= 0.3 is 0 Å². The molecule has 2 aromatic rings. The van der Waals surface area contributed by atoms with Crippen LogP contribution in [0.5, 0.6) is 5.75 Å². The zero-order valence-corrected chi connectivity index (χ0v) is 18.8. The molecule has 1 aliphatic heterocycles. The minimum atomic E-state index is -3.69. The Kier molecular flexibility index (Phi) is 5.89. The highest BCUT2D eigenvalue weighted by atomic mass is 35.5. The summed E-state index contributed by atoms with van der Waals surface area (Å²) in [5, 5.41) is 2.97. The van der Waals surface area contributed by atoms with Crippen molar-refractivity contribution in [2.24, 2.45) is 0 Å². The monoisotopic (exact) mass is 473 g/mol. The topological polar surface area (TPSA) is 113 Å². The van der Waals surface area contributed by atoms with Crippen LogP contribution in [-0.4, -0.2) is 55.0 Å². The molecule has 1 atom stereocenters. The van der Waals surface area contributed by atoms with E-state index < -0.39 is 32.1 Å². The molecule has 9 nitrogen and oxygen atoms in total. The molecule has 1 N–H and O–H groups in total. The first-order chi connectivity index (χ1) is 13.9. The third-order valence-corrected chi connectivity index (χ3v) is 7.05. The van der Waals surface area contributed by atoms with E-state index in [4.69, 9.17) is 16.3 Å². The number of halogens is 1. The Morgan fingerprint density at radius 3 is 2.50 bits per heavy atom. The van der Waals surface area contributed by atoms with E-state index in [1.165, 1.54) is 31.3 Å². The van der Waals surface area contributed by atoms with Gasteiger partial charge in [0.15, 0.2) is 6.10 Å². The number of fused-ring (bicyclic) bond motifs is 1. The van der Waals surface area contributed by atoms with Gasteiger partial charge < -0.3 is 10.1 Å². The van der Waals surface area contributed by atoms with Crippen LogP contribution in [0.3, 0.4) is 0 Å². The highest BCUT2D eigenvalue weighted by Gasteiger charge is 2.35. The van der Waals surface area contributed by atoms with Gasteiger partial charge in [-0.2, -0.15) is 0 Å². The van der Waals surface area contributed by atoms with Crippen LogP contribution in [0.25, 0.3) is 0 Å². The van der Waals surface area contributed by atoms with Gasteiger partial charge in [0, 0.05) is 17.8 Å². The Labute approximate surface area is 180 Å².